The van der Waals surface area contributed by atoms with E-state index in [2.05, 4.69) is 20.3 Å². The van der Waals surface area contributed by atoms with Crippen molar-refractivity contribution in [3.63, 3.8) is 0 Å². The van der Waals surface area contributed by atoms with Crippen molar-refractivity contribution in [1.29, 1.82) is 0 Å². The molecule has 0 amide bonds. The number of hydrogen-bond acceptors (Lipinski definition) is 9. The first-order valence-corrected chi connectivity index (χ1v) is 10.4. The molecule has 0 radical (unpaired) electrons. The van der Waals surface area contributed by atoms with Gasteiger partial charge in [-0.05, 0) is 17.2 Å². The molecule has 168 valence electrons. The molecule has 3 aromatic rings. The molecule has 0 spiro atoms. The Morgan fingerprint density at radius 3 is 2.72 bits per heavy atom. The molecule has 11 heteroatoms. The highest BCUT2D eigenvalue weighted by atomic mass is 35.5. The Kier molecular flexibility index (Phi) is 6.52. The summed E-state index contributed by atoms with van der Waals surface area (Å²) in [4.78, 5) is 35.8. The number of anilines is 1. The Morgan fingerprint density at radius 1 is 1.22 bits per heavy atom. The van der Waals surface area contributed by atoms with Crippen LogP contribution in [0.3, 0.4) is 0 Å². The minimum absolute atomic E-state index is 0.0355. The van der Waals surface area contributed by atoms with Crippen molar-refractivity contribution in [2.45, 2.75) is 45.2 Å². The second-order valence-electron chi connectivity index (χ2n) is 7.34. The highest BCUT2D eigenvalue weighted by molar-refractivity contribution is 6.28. The molecular weight excluding hydrogens is 438 g/mol. The Balaban J connectivity index is 1.61. The lowest BCUT2D eigenvalue weighted by Crippen LogP contribution is -2.24. The Hall–Kier alpha value is -3.24. The van der Waals surface area contributed by atoms with E-state index >= 15 is 0 Å². The van der Waals surface area contributed by atoms with Crippen LogP contribution in [0.15, 0.2) is 36.7 Å². The molecule has 1 fully saturated rings. The van der Waals surface area contributed by atoms with Gasteiger partial charge in [-0.15, -0.1) is 0 Å². The molecule has 0 saturated carbocycles. The van der Waals surface area contributed by atoms with Crippen LogP contribution in [0.1, 0.15) is 32.1 Å². The molecule has 2 aromatic heterocycles. The standard InChI is InChI=1S/C21H22ClN5O5/c1-12(28)30-10-15-8-16(31-13(2)29)20(32-15)27-11-24-17-18(25-21(22)26-19(17)27)23-9-14-6-4-3-5-7-14/h3-7,11,15-16,20H,8-10H2,1-2H3,(H,23,25,26)/t15?,16-,20?/m1/s1. The Bertz CT molecular complexity index is 1120. The first-order valence-electron chi connectivity index (χ1n) is 10.0. The molecule has 1 aromatic carbocycles. The summed E-state index contributed by atoms with van der Waals surface area (Å²) in [5, 5.41) is 3.27. The predicted molar refractivity (Wildman–Crippen MR) is 115 cm³/mol. The van der Waals surface area contributed by atoms with Crippen molar-refractivity contribution in [2.75, 3.05) is 11.9 Å². The number of nitrogens with zero attached hydrogens (tertiary/aromatic N) is 4. The third-order valence-corrected chi connectivity index (χ3v) is 5.08. The third kappa shape index (κ3) is 4.97. The number of rotatable bonds is 7. The molecule has 1 saturated heterocycles. The second kappa shape index (κ2) is 9.49. The summed E-state index contributed by atoms with van der Waals surface area (Å²) in [6, 6.07) is 9.83. The van der Waals surface area contributed by atoms with E-state index in [0.717, 1.165) is 5.56 Å². The van der Waals surface area contributed by atoms with Crippen LogP contribution in [0.5, 0.6) is 0 Å². The fourth-order valence-electron chi connectivity index (χ4n) is 3.58. The molecule has 32 heavy (non-hydrogen) atoms. The van der Waals surface area contributed by atoms with Crippen molar-refractivity contribution in [3.8, 4) is 0 Å². The molecule has 10 nitrogen and oxygen atoms in total. The van der Waals surface area contributed by atoms with Gasteiger partial charge >= 0.3 is 11.9 Å². The molecule has 1 aliphatic heterocycles. The van der Waals surface area contributed by atoms with Gasteiger partial charge in [-0.1, -0.05) is 30.3 Å². The summed E-state index contributed by atoms with van der Waals surface area (Å²) in [6.45, 7) is 3.22. The fourth-order valence-corrected chi connectivity index (χ4v) is 3.74. The molecular formula is C21H22ClN5O5. The number of hydrogen-bond donors (Lipinski definition) is 1. The largest absolute Gasteiger partial charge is 0.463 e. The van der Waals surface area contributed by atoms with Gasteiger partial charge < -0.3 is 19.5 Å². The van der Waals surface area contributed by atoms with E-state index in [1.807, 2.05) is 30.3 Å². The van der Waals surface area contributed by atoms with Crippen LogP contribution in [0.25, 0.3) is 11.2 Å². The van der Waals surface area contributed by atoms with E-state index in [4.69, 9.17) is 25.8 Å². The number of benzene rings is 1. The van der Waals surface area contributed by atoms with Gasteiger partial charge in [0.25, 0.3) is 0 Å². The lowest BCUT2D eigenvalue weighted by Gasteiger charge is -2.20. The van der Waals surface area contributed by atoms with E-state index in [1.54, 1.807) is 10.9 Å². The summed E-state index contributed by atoms with van der Waals surface area (Å²) in [7, 11) is 0. The van der Waals surface area contributed by atoms with Gasteiger partial charge in [-0.25, -0.2) is 4.98 Å². The maximum atomic E-state index is 11.6. The van der Waals surface area contributed by atoms with Gasteiger partial charge in [0.2, 0.25) is 5.28 Å². The van der Waals surface area contributed by atoms with Crippen molar-refractivity contribution in [2.24, 2.45) is 0 Å². The van der Waals surface area contributed by atoms with E-state index in [9.17, 15) is 9.59 Å². The van der Waals surface area contributed by atoms with Gasteiger partial charge in [-0.3, -0.25) is 14.2 Å². The van der Waals surface area contributed by atoms with Gasteiger partial charge in [0.1, 0.15) is 12.7 Å². The lowest BCUT2D eigenvalue weighted by molar-refractivity contribution is -0.152. The maximum Gasteiger partial charge on any atom is 0.303 e. The number of halogens is 1. The number of aromatic nitrogens is 4. The molecule has 3 heterocycles. The zero-order chi connectivity index (χ0) is 22.7. The molecule has 0 aliphatic carbocycles. The monoisotopic (exact) mass is 459 g/mol. The summed E-state index contributed by atoms with van der Waals surface area (Å²) < 4.78 is 18.2. The number of nitrogens with one attached hydrogen (secondary N) is 1. The minimum Gasteiger partial charge on any atom is -0.463 e. The molecule has 2 unspecified atom stereocenters. The van der Waals surface area contributed by atoms with Crippen LogP contribution in [-0.4, -0.2) is 50.3 Å². The fraction of sp³-hybridized carbons (Fsp3) is 0.381. The quantitative estimate of drug-likeness (QED) is 0.420. The smallest absolute Gasteiger partial charge is 0.303 e. The van der Waals surface area contributed by atoms with Gasteiger partial charge in [-0.2, -0.15) is 9.97 Å². The van der Waals surface area contributed by atoms with Gasteiger partial charge in [0.15, 0.2) is 23.2 Å². The van der Waals surface area contributed by atoms with E-state index in [-0.39, 0.29) is 11.9 Å². The average Bonchev–Trinajstić information content (AvgIpc) is 3.34. The van der Waals surface area contributed by atoms with Crippen LogP contribution in [-0.2, 0) is 30.3 Å². The topological polar surface area (TPSA) is 117 Å². The first kappa shape index (κ1) is 22.0. The van der Waals surface area contributed by atoms with Crippen LogP contribution in [0.2, 0.25) is 5.28 Å². The van der Waals surface area contributed by atoms with Crippen LogP contribution >= 0.6 is 11.6 Å². The molecule has 1 N–H and O–H groups in total. The second-order valence-corrected chi connectivity index (χ2v) is 7.68. The van der Waals surface area contributed by atoms with Crippen molar-refractivity contribution in [1.82, 2.24) is 19.5 Å². The molecule has 4 rings (SSSR count). The first-order chi connectivity index (χ1) is 15.4. The molecule has 3 atom stereocenters. The highest BCUT2D eigenvalue weighted by Crippen LogP contribution is 2.34. The third-order valence-electron chi connectivity index (χ3n) is 4.91. The van der Waals surface area contributed by atoms with Gasteiger partial charge in [0.05, 0.1) is 12.4 Å². The van der Waals surface area contributed by atoms with Crippen LogP contribution < -0.4 is 5.32 Å². The Labute approximate surface area is 188 Å². The Morgan fingerprint density at radius 2 is 2.00 bits per heavy atom. The number of carbonyl (C=O) groups excluding carboxylic acids is 2. The number of imidazole rings is 1. The van der Waals surface area contributed by atoms with Gasteiger partial charge in [0, 0.05) is 26.8 Å². The van der Waals surface area contributed by atoms with Crippen molar-refractivity contribution < 1.29 is 23.8 Å². The van der Waals surface area contributed by atoms with Crippen molar-refractivity contribution in [3.05, 3.63) is 47.5 Å². The molecule has 1 aliphatic rings. The van der Waals surface area contributed by atoms with Crippen molar-refractivity contribution >= 4 is 40.5 Å². The van der Waals surface area contributed by atoms with Crippen LogP contribution in [0, 0.1) is 0 Å². The number of esters is 2. The number of fused-ring (bicyclic) bond motifs is 1. The number of ether oxygens (including phenoxy) is 3. The summed E-state index contributed by atoms with van der Waals surface area (Å²) in [6.07, 6.45) is 0.129. The summed E-state index contributed by atoms with van der Waals surface area (Å²) in [5.74, 6) is -0.386. The SMILES string of the molecule is CC(=O)OCC1C[C@@H](OC(C)=O)C(n2cnc3c(NCc4ccccc4)nc(Cl)nc32)O1. The molecule has 0 bridgehead atoms. The number of carbonyl (C=O) groups is 2. The summed E-state index contributed by atoms with van der Waals surface area (Å²) in [5.41, 5.74) is 1.99. The maximum absolute atomic E-state index is 11.6. The predicted octanol–water partition coefficient (Wildman–Crippen LogP) is 2.87. The van der Waals surface area contributed by atoms with E-state index in [0.29, 0.717) is 29.9 Å². The minimum atomic E-state index is -0.711. The normalized spacial score (nSPS) is 20.3. The van der Waals surface area contributed by atoms with Crippen LogP contribution in [0.4, 0.5) is 5.82 Å². The zero-order valence-electron chi connectivity index (χ0n) is 17.5. The summed E-state index contributed by atoms with van der Waals surface area (Å²) >= 11 is 6.19. The lowest BCUT2D eigenvalue weighted by atomic mass is 10.2. The zero-order valence-corrected chi connectivity index (χ0v) is 18.3. The average molecular weight is 460 g/mol. The van der Waals surface area contributed by atoms with E-state index < -0.39 is 30.4 Å². The highest BCUT2D eigenvalue weighted by Gasteiger charge is 2.40. The van der Waals surface area contributed by atoms with E-state index in [1.165, 1.54) is 13.8 Å².